The van der Waals surface area contributed by atoms with Crippen LogP contribution >= 0.6 is 24.0 Å². The number of carbonyl (C=O) groups excluding carboxylic acids is 1. The first-order valence-electron chi connectivity index (χ1n) is 6.50. The molecule has 1 aromatic rings. The molecule has 1 aliphatic rings. The van der Waals surface area contributed by atoms with Crippen LogP contribution in [0.4, 0.5) is 0 Å². The molecule has 4 nitrogen and oxygen atoms in total. The second-order valence-corrected chi connectivity index (χ2v) is 5.23. The lowest BCUT2D eigenvalue weighted by Gasteiger charge is -2.17. The Morgan fingerprint density at radius 1 is 1.45 bits per heavy atom. The van der Waals surface area contributed by atoms with Crippen LogP contribution in [0, 0.1) is 5.92 Å². The van der Waals surface area contributed by atoms with Gasteiger partial charge in [0.25, 0.3) is 5.91 Å². The summed E-state index contributed by atoms with van der Waals surface area (Å²) in [6, 6.07) is 7.03. The van der Waals surface area contributed by atoms with Crippen molar-refractivity contribution in [3.8, 4) is 5.75 Å². The van der Waals surface area contributed by atoms with Gasteiger partial charge in [-0.15, -0.1) is 12.4 Å². The topological polar surface area (TPSA) is 41.6 Å². The Balaban J connectivity index is 0.00000200. The van der Waals surface area contributed by atoms with Crippen molar-refractivity contribution in [1.82, 2.24) is 10.2 Å². The molecule has 1 unspecified atom stereocenters. The van der Waals surface area contributed by atoms with Crippen LogP contribution in [-0.2, 0) is 4.79 Å². The highest BCUT2D eigenvalue weighted by Crippen LogP contribution is 2.17. The van der Waals surface area contributed by atoms with E-state index in [4.69, 9.17) is 16.3 Å². The number of rotatable bonds is 5. The van der Waals surface area contributed by atoms with Crippen LogP contribution in [0.1, 0.15) is 6.42 Å². The second kappa shape index (κ2) is 8.35. The molecule has 2 rings (SSSR count). The first-order chi connectivity index (χ1) is 9.19. The Morgan fingerprint density at radius 2 is 2.15 bits per heavy atom. The van der Waals surface area contributed by atoms with E-state index >= 15 is 0 Å². The van der Waals surface area contributed by atoms with Crippen LogP contribution in [0.2, 0.25) is 5.02 Å². The summed E-state index contributed by atoms with van der Waals surface area (Å²) >= 11 is 5.79. The predicted molar refractivity (Wildman–Crippen MR) is 82.8 cm³/mol. The molecule has 112 valence electrons. The Bertz CT molecular complexity index is 426. The zero-order valence-electron chi connectivity index (χ0n) is 11.5. The van der Waals surface area contributed by atoms with E-state index in [0.29, 0.717) is 16.7 Å². The van der Waals surface area contributed by atoms with E-state index in [1.165, 1.54) is 0 Å². The zero-order chi connectivity index (χ0) is 13.7. The first-order valence-corrected chi connectivity index (χ1v) is 6.87. The largest absolute Gasteiger partial charge is 0.484 e. The maximum absolute atomic E-state index is 12.0. The average molecular weight is 319 g/mol. The highest BCUT2D eigenvalue weighted by atomic mass is 35.5. The molecule has 0 radical (unpaired) electrons. The van der Waals surface area contributed by atoms with Crippen LogP contribution in [-0.4, -0.2) is 44.1 Å². The van der Waals surface area contributed by atoms with Crippen molar-refractivity contribution in [2.45, 2.75) is 6.42 Å². The zero-order valence-corrected chi connectivity index (χ0v) is 13.0. The monoisotopic (exact) mass is 318 g/mol. The maximum atomic E-state index is 12.0. The van der Waals surface area contributed by atoms with Crippen molar-refractivity contribution in [1.29, 1.82) is 0 Å². The molecule has 1 fully saturated rings. The summed E-state index contributed by atoms with van der Waals surface area (Å²) in [4.78, 5) is 13.9. The van der Waals surface area contributed by atoms with Crippen molar-refractivity contribution in [3.05, 3.63) is 29.3 Å². The summed E-state index contributed by atoms with van der Waals surface area (Å²) in [6.07, 6.45) is 1.06. The first kappa shape index (κ1) is 17.1. The normalized spacial score (nSPS) is 17.7. The summed E-state index contributed by atoms with van der Waals surface area (Å²) < 4.78 is 5.46. The fourth-order valence-electron chi connectivity index (χ4n) is 2.28. The molecule has 1 heterocycles. The molecule has 1 aromatic carbocycles. The molecule has 6 heteroatoms. The smallest absolute Gasteiger partial charge is 0.260 e. The van der Waals surface area contributed by atoms with Crippen LogP contribution in [0.15, 0.2) is 24.3 Å². The molecule has 0 aromatic heterocycles. The minimum atomic E-state index is 0. The number of likely N-dealkylation sites (tertiary alicyclic amines) is 1. The second-order valence-electron chi connectivity index (χ2n) is 4.79. The van der Waals surface area contributed by atoms with Crippen LogP contribution < -0.4 is 10.1 Å². The minimum absolute atomic E-state index is 0. The fraction of sp³-hybridized carbons (Fsp3) is 0.500. The van der Waals surface area contributed by atoms with Gasteiger partial charge in [0.1, 0.15) is 5.75 Å². The van der Waals surface area contributed by atoms with Gasteiger partial charge >= 0.3 is 0 Å². The highest BCUT2D eigenvalue weighted by molar-refractivity contribution is 6.30. The number of carbonyl (C=O) groups is 1. The number of nitrogens with zero attached hydrogens (tertiary/aromatic N) is 1. The van der Waals surface area contributed by atoms with Crippen molar-refractivity contribution < 1.29 is 9.53 Å². The van der Waals surface area contributed by atoms with E-state index in [9.17, 15) is 4.79 Å². The average Bonchev–Trinajstić information content (AvgIpc) is 2.87. The van der Waals surface area contributed by atoms with E-state index in [-0.39, 0.29) is 24.9 Å². The minimum Gasteiger partial charge on any atom is -0.484 e. The molecule has 0 aliphatic carbocycles. The number of benzene rings is 1. The van der Waals surface area contributed by atoms with Crippen LogP contribution in [0.25, 0.3) is 0 Å². The molecule has 20 heavy (non-hydrogen) atoms. The van der Waals surface area contributed by atoms with Gasteiger partial charge in [0.2, 0.25) is 0 Å². The lowest BCUT2D eigenvalue weighted by molar-refractivity contribution is -0.132. The van der Waals surface area contributed by atoms with Gasteiger partial charge in [-0.1, -0.05) is 11.6 Å². The molecule has 1 atom stereocenters. The van der Waals surface area contributed by atoms with E-state index < -0.39 is 0 Å². The highest BCUT2D eigenvalue weighted by Gasteiger charge is 2.25. The van der Waals surface area contributed by atoms with Crippen LogP contribution in [0.3, 0.4) is 0 Å². The van der Waals surface area contributed by atoms with Gasteiger partial charge in [0.15, 0.2) is 6.61 Å². The molecule has 1 amide bonds. The van der Waals surface area contributed by atoms with Crippen molar-refractivity contribution in [2.75, 3.05) is 33.3 Å². The number of ether oxygens (including phenoxy) is 1. The molecular formula is C14H20Cl2N2O2. The standard InChI is InChI=1S/C14H19ClN2O2.ClH/c1-16-8-11-6-7-17(9-11)14(18)10-19-13-4-2-12(15)3-5-13;/h2-5,11,16H,6-10H2,1H3;1H. The van der Waals surface area contributed by atoms with Gasteiger partial charge < -0.3 is 15.0 Å². The van der Waals surface area contributed by atoms with E-state index in [2.05, 4.69) is 5.32 Å². The predicted octanol–water partition coefficient (Wildman–Crippen LogP) is 2.21. The van der Waals surface area contributed by atoms with Crippen molar-refractivity contribution in [3.63, 3.8) is 0 Å². The summed E-state index contributed by atoms with van der Waals surface area (Å²) in [5, 5.41) is 3.81. The summed E-state index contributed by atoms with van der Waals surface area (Å²) in [6.45, 7) is 2.70. The lowest BCUT2D eigenvalue weighted by Crippen LogP contribution is -2.34. The van der Waals surface area contributed by atoms with Gasteiger partial charge in [0, 0.05) is 18.1 Å². The Kier molecular flexibility index (Phi) is 7.13. The van der Waals surface area contributed by atoms with E-state index in [0.717, 1.165) is 26.1 Å². The summed E-state index contributed by atoms with van der Waals surface area (Å²) in [5.41, 5.74) is 0. The summed E-state index contributed by atoms with van der Waals surface area (Å²) in [7, 11) is 1.94. The summed E-state index contributed by atoms with van der Waals surface area (Å²) in [5.74, 6) is 1.28. The van der Waals surface area contributed by atoms with Gasteiger partial charge in [0.05, 0.1) is 0 Å². The van der Waals surface area contributed by atoms with Gasteiger partial charge in [-0.05, 0) is 50.2 Å². The third kappa shape index (κ3) is 4.85. The van der Waals surface area contributed by atoms with E-state index in [1.54, 1.807) is 24.3 Å². The fourth-order valence-corrected chi connectivity index (χ4v) is 2.41. The third-order valence-corrected chi connectivity index (χ3v) is 3.56. The molecule has 0 saturated carbocycles. The van der Waals surface area contributed by atoms with Crippen LogP contribution in [0.5, 0.6) is 5.75 Å². The van der Waals surface area contributed by atoms with Gasteiger partial charge in [-0.3, -0.25) is 4.79 Å². The van der Waals surface area contributed by atoms with E-state index in [1.807, 2.05) is 11.9 Å². The van der Waals surface area contributed by atoms with Gasteiger partial charge in [-0.25, -0.2) is 0 Å². The number of halogens is 2. The quantitative estimate of drug-likeness (QED) is 0.905. The molecule has 0 bridgehead atoms. The maximum Gasteiger partial charge on any atom is 0.260 e. The molecule has 0 spiro atoms. The van der Waals surface area contributed by atoms with Crippen molar-refractivity contribution in [2.24, 2.45) is 5.92 Å². The number of nitrogens with one attached hydrogen (secondary N) is 1. The van der Waals surface area contributed by atoms with Crippen molar-refractivity contribution >= 4 is 29.9 Å². The molecule has 1 saturated heterocycles. The Labute approximate surface area is 130 Å². The lowest BCUT2D eigenvalue weighted by atomic mass is 10.1. The Hall–Kier alpha value is -0.970. The number of hydrogen-bond acceptors (Lipinski definition) is 3. The molecule has 1 N–H and O–H groups in total. The number of hydrogen-bond donors (Lipinski definition) is 1. The molecular weight excluding hydrogens is 299 g/mol. The number of amides is 1. The Morgan fingerprint density at radius 3 is 2.80 bits per heavy atom. The third-order valence-electron chi connectivity index (χ3n) is 3.31. The molecule has 1 aliphatic heterocycles. The SMILES string of the molecule is CNCC1CCN(C(=O)COc2ccc(Cl)cc2)C1.Cl. The van der Waals surface area contributed by atoms with Gasteiger partial charge in [-0.2, -0.15) is 0 Å².